The third-order valence-corrected chi connectivity index (χ3v) is 5.26. The van der Waals surface area contributed by atoms with Crippen LogP contribution < -0.4 is 5.32 Å². The fourth-order valence-electron chi connectivity index (χ4n) is 2.93. The van der Waals surface area contributed by atoms with Gasteiger partial charge in [0, 0.05) is 34.4 Å². The van der Waals surface area contributed by atoms with Crippen molar-refractivity contribution in [3.63, 3.8) is 0 Å². The molecule has 0 aliphatic carbocycles. The van der Waals surface area contributed by atoms with Gasteiger partial charge in [0.15, 0.2) is 0 Å². The minimum Gasteiger partial charge on any atom is -0.315 e. The summed E-state index contributed by atoms with van der Waals surface area (Å²) in [6.07, 6.45) is 1.20. The summed E-state index contributed by atoms with van der Waals surface area (Å²) < 4.78 is 0. The summed E-state index contributed by atoms with van der Waals surface area (Å²) in [5.74, 6) is 0. The maximum atomic E-state index is 6.06. The van der Waals surface area contributed by atoms with Crippen molar-refractivity contribution in [2.24, 2.45) is 0 Å². The maximum Gasteiger partial charge on any atom is 0.0696 e. The lowest BCUT2D eigenvalue weighted by Crippen LogP contribution is -2.32. The fraction of sp³-hybridized carbons (Fsp3) is 0.412. The highest BCUT2D eigenvalue weighted by atomic mass is 35.5. The molecule has 1 atom stereocenters. The lowest BCUT2D eigenvalue weighted by atomic mass is 10.0. The molecule has 1 saturated heterocycles. The molecule has 1 aliphatic rings. The predicted molar refractivity (Wildman–Crippen MR) is 91.4 cm³/mol. The minimum absolute atomic E-state index is 0.348. The summed E-state index contributed by atoms with van der Waals surface area (Å²) in [6.45, 7) is 6.58. The second-order valence-electron chi connectivity index (χ2n) is 5.54. The third-order valence-electron chi connectivity index (χ3n) is 3.96. The Morgan fingerprint density at radius 2 is 1.90 bits per heavy atom. The molecule has 0 bridgehead atoms. The molecule has 1 N–H and O–H groups in total. The monoisotopic (exact) mass is 320 g/mol. The molecule has 1 unspecified atom stereocenters. The quantitative estimate of drug-likeness (QED) is 0.916. The molecule has 1 aliphatic heterocycles. The van der Waals surface area contributed by atoms with Crippen LogP contribution in [0.1, 0.15) is 27.8 Å². The van der Waals surface area contributed by atoms with E-state index in [9.17, 15) is 0 Å². The molecule has 1 aromatic heterocycles. The molecule has 2 aromatic rings. The minimum atomic E-state index is 0.348. The van der Waals surface area contributed by atoms with Gasteiger partial charge in [-0.05, 0) is 49.7 Å². The number of nitrogens with zero attached hydrogens (tertiary/aromatic N) is 1. The van der Waals surface area contributed by atoms with Crippen LogP contribution in [0.3, 0.4) is 0 Å². The van der Waals surface area contributed by atoms with Gasteiger partial charge >= 0.3 is 0 Å². The van der Waals surface area contributed by atoms with Crippen molar-refractivity contribution in [1.82, 2.24) is 10.2 Å². The summed E-state index contributed by atoms with van der Waals surface area (Å²) in [7, 11) is 0. The van der Waals surface area contributed by atoms with Gasteiger partial charge in [0.1, 0.15) is 0 Å². The van der Waals surface area contributed by atoms with Crippen LogP contribution in [0.25, 0.3) is 0 Å². The van der Waals surface area contributed by atoms with E-state index in [1.54, 1.807) is 0 Å². The zero-order chi connectivity index (χ0) is 14.7. The lowest BCUT2D eigenvalue weighted by Gasteiger charge is -2.30. The molecule has 21 heavy (non-hydrogen) atoms. The Balaban J connectivity index is 1.95. The van der Waals surface area contributed by atoms with Gasteiger partial charge in [0.25, 0.3) is 0 Å². The highest BCUT2D eigenvalue weighted by molar-refractivity contribution is 7.12. The number of benzene rings is 1. The number of thiophene rings is 1. The molecule has 0 saturated carbocycles. The van der Waals surface area contributed by atoms with E-state index in [0.717, 1.165) is 31.2 Å². The van der Waals surface area contributed by atoms with Gasteiger partial charge < -0.3 is 5.32 Å². The number of halogens is 1. The van der Waals surface area contributed by atoms with Crippen LogP contribution >= 0.6 is 22.9 Å². The Bertz CT molecular complexity index is 571. The van der Waals surface area contributed by atoms with Crippen LogP contribution in [0.2, 0.25) is 5.02 Å². The topological polar surface area (TPSA) is 15.3 Å². The maximum absolute atomic E-state index is 6.06. The largest absolute Gasteiger partial charge is 0.315 e. The van der Waals surface area contributed by atoms with E-state index in [4.69, 9.17) is 11.6 Å². The zero-order valence-corrected chi connectivity index (χ0v) is 13.9. The second-order valence-corrected chi connectivity index (χ2v) is 7.30. The molecular formula is C17H21ClN2S. The van der Waals surface area contributed by atoms with Gasteiger partial charge in [-0.1, -0.05) is 23.7 Å². The molecule has 2 nitrogen and oxygen atoms in total. The smallest absolute Gasteiger partial charge is 0.0696 e. The second kappa shape index (κ2) is 6.93. The Labute approximate surface area is 135 Å². The lowest BCUT2D eigenvalue weighted by molar-refractivity contribution is 0.244. The molecule has 0 spiro atoms. The first-order valence-electron chi connectivity index (χ1n) is 7.50. The molecule has 0 amide bonds. The molecule has 2 heterocycles. The molecule has 112 valence electrons. The Morgan fingerprint density at radius 1 is 1.10 bits per heavy atom. The number of aryl methyl sites for hydroxylation is 1. The van der Waals surface area contributed by atoms with Crippen LogP contribution in [0.4, 0.5) is 0 Å². The van der Waals surface area contributed by atoms with Crippen molar-refractivity contribution in [3.8, 4) is 0 Å². The number of hydrogen-bond donors (Lipinski definition) is 1. The highest BCUT2D eigenvalue weighted by Crippen LogP contribution is 2.34. The first kappa shape index (κ1) is 15.0. The number of nitrogens with one attached hydrogen (secondary N) is 1. The van der Waals surface area contributed by atoms with E-state index >= 15 is 0 Å². The molecule has 1 aromatic carbocycles. The number of hydrogen-bond acceptors (Lipinski definition) is 3. The van der Waals surface area contributed by atoms with Crippen LogP contribution in [-0.4, -0.2) is 31.1 Å². The highest BCUT2D eigenvalue weighted by Gasteiger charge is 2.24. The van der Waals surface area contributed by atoms with Crippen molar-refractivity contribution < 1.29 is 0 Å². The summed E-state index contributed by atoms with van der Waals surface area (Å²) in [5.41, 5.74) is 1.34. The van der Waals surface area contributed by atoms with E-state index in [1.165, 1.54) is 21.7 Å². The van der Waals surface area contributed by atoms with Crippen molar-refractivity contribution >= 4 is 22.9 Å². The first-order chi connectivity index (χ1) is 10.2. The first-order valence-corrected chi connectivity index (χ1v) is 8.70. The third kappa shape index (κ3) is 3.67. The van der Waals surface area contributed by atoms with Crippen LogP contribution in [0, 0.1) is 6.92 Å². The summed E-state index contributed by atoms with van der Waals surface area (Å²) in [6, 6.07) is 13.2. The zero-order valence-electron chi connectivity index (χ0n) is 12.3. The fourth-order valence-corrected chi connectivity index (χ4v) is 4.09. The van der Waals surface area contributed by atoms with E-state index in [1.807, 2.05) is 23.5 Å². The van der Waals surface area contributed by atoms with Crippen molar-refractivity contribution in [2.75, 3.05) is 26.2 Å². The van der Waals surface area contributed by atoms with Crippen molar-refractivity contribution in [2.45, 2.75) is 19.4 Å². The van der Waals surface area contributed by atoms with Gasteiger partial charge in [0.2, 0.25) is 0 Å². The average molecular weight is 321 g/mol. The van der Waals surface area contributed by atoms with Gasteiger partial charge in [-0.15, -0.1) is 11.3 Å². The van der Waals surface area contributed by atoms with Gasteiger partial charge in [0.05, 0.1) is 6.04 Å². The standard InChI is InChI=1S/C17H21ClN2S/c1-13-3-8-16(21-13)17(14-4-6-15(18)7-5-14)20-11-2-9-19-10-12-20/h3-8,17,19H,2,9-12H2,1H3. The van der Waals surface area contributed by atoms with E-state index in [0.29, 0.717) is 6.04 Å². The summed E-state index contributed by atoms with van der Waals surface area (Å²) in [4.78, 5) is 5.39. The molecule has 1 fully saturated rings. The Morgan fingerprint density at radius 3 is 2.62 bits per heavy atom. The molecule has 3 rings (SSSR count). The summed E-state index contributed by atoms with van der Waals surface area (Å²) >= 11 is 7.96. The molecule has 0 radical (unpaired) electrons. The van der Waals surface area contributed by atoms with Crippen LogP contribution in [0.15, 0.2) is 36.4 Å². The van der Waals surface area contributed by atoms with E-state index in [2.05, 4.69) is 41.4 Å². The van der Waals surface area contributed by atoms with Crippen molar-refractivity contribution in [3.05, 3.63) is 56.7 Å². The SMILES string of the molecule is Cc1ccc(C(c2ccc(Cl)cc2)N2CCCNCC2)s1. The Kier molecular flexibility index (Phi) is 4.96. The predicted octanol–water partition coefficient (Wildman–Crippen LogP) is 4.09. The average Bonchev–Trinajstić information content (AvgIpc) is 2.74. The van der Waals surface area contributed by atoms with Crippen molar-refractivity contribution in [1.29, 1.82) is 0 Å². The summed E-state index contributed by atoms with van der Waals surface area (Å²) in [5, 5.41) is 4.29. The van der Waals surface area contributed by atoms with Gasteiger partial charge in [-0.2, -0.15) is 0 Å². The van der Waals surface area contributed by atoms with Gasteiger partial charge in [-0.3, -0.25) is 4.90 Å². The van der Waals surface area contributed by atoms with Crippen LogP contribution in [0.5, 0.6) is 0 Å². The number of rotatable bonds is 3. The normalized spacial score (nSPS) is 18.4. The molecular weight excluding hydrogens is 300 g/mol. The van der Waals surface area contributed by atoms with Crippen LogP contribution in [-0.2, 0) is 0 Å². The van der Waals surface area contributed by atoms with E-state index in [-0.39, 0.29) is 0 Å². The molecule has 4 heteroatoms. The van der Waals surface area contributed by atoms with E-state index < -0.39 is 0 Å². The van der Waals surface area contributed by atoms with Gasteiger partial charge in [-0.25, -0.2) is 0 Å². The Hall–Kier alpha value is -0.870.